The Hall–Kier alpha value is -2.45. The van der Waals surface area contributed by atoms with Crippen molar-refractivity contribution < 1.29 is 42.9 Å². The second-order valence-electron chi connectivity index (χ2n) is 23.1. The van der Waals surface area contributed by atoms with Crippen LogP contribution in [-0.2, 0) is 42.9 Å². The van der Waals surface area contributed by atoms with Crippen molar-refractivity contribution in [3.05, 3.63) is 0 Å². The topological polar surface area (TPSA) is 122 Å². The van der Waals surface area contributed by atoms with Gasteiger partial charge in [-0.2, -0.15) is 0 Å². The van der Waals surface area contributed by atoms with Gasteiger partial charge in [-0.05, 0) is 208 Å². The maximum Gasteiger partial charge on any atom is 0.317 e. The molecule has 0 aromatic carbocycles. The molecule has 12 fully saturated rings. The van der Waals surface area contributed by atoms with E-state index in [4.69, 9.17) is 18.9 Å². The van der Waals surface area contributed by atoms with Crippen molar-refractivity contribution in [1.82, 2.24) is 0 Å². The maximum absolute atomic E-state index is 15.0. The number of hydrogen-bond donors (Lipinski definition) is 0. The van der Waals surface area contributed by atoms with Crippen LogP contribution in [0, 0.1) is 93.7 Å². The smallest absolute Gasteiger partial charge is 0.317 e. The molecule has 10 aliphatic carbocycles. The fraction of sp³-hybridized carbons (Fsp3) is 0.911. The quantitative estimate of drug-likeness (QED) is 0.107. The third-order valence-electron chi connectivity index (χ3n) is 19.5. The first-order chi connectivity index (χ1) is 27.0. The monoisotopic (exact) mass is 917 g/mol. The van der Waals surface area contributed by atoms with Crippen molar-refractivity contribution >= 4 is 29.8 Å². The standard InChI is InChI=1S/C48H68O9.8CH4/c1-25-30-9-10-31(21-30)39(25)40-37(41(50)55-42(40)51)23-46(3,44(53)57-48(5)34-17-28-12-29(19-34)20-35(48)18-28)24-45(2)22-36(54-43(45)52)7-6-8-38(49)56-47(4)32-13-26-11-27(15-32)16-33(47)14-26;;;;;;;;/h25-37,39-40H,6-24H2,1-5H3;8*1H4. The number of cyclic esters (lactones) is 3. The predicted octanol–water partition coefficient (Wildman–Crippen LogP) is 13.9. The van der Waals surface area contributed by atoms with Gasteiger partial charge in [-0.3, -0.25) is 24.0 Å². The molecule has 12 aliphatic rings. The normalized spacial score (nSPS) is 44.7. The van der Waals surface area contributed by atoms with Gasteiger partial charge in [-0.15, -0.1) is 0 Å². The van der Waals surface area contributed by atoms with Gasteiger partial charge in [0.25, 0.3) is 0 Å². The molecule has 9 nitrogen and oxygen atoms in total. The minimum atomic E-state index is -1.23. The van der Waals surface area contributed by atoms with E-state index in [1.165, 1.54) is 44.9 Å². The van der Waals surface area contributed by atoms with Crippen LogP contribution >= 0.6 is 0 Å². The van der Waals surface area contributed by atoms with Crippen LogP contribution in [0.2, 0.25) is 0 Å². The Morgan fingerprint density at radius 1 is 0.662 bits per heavy atom. The van der Waals surface area contributed by atoms with Gasteiger partial charge in [0.1, 0.15) is 17.3 Å². The van der Waals surface area contributed by atoms with Crippen LogP contribution in [0.3, 0.4) is 0 Å². The second-order valence-corrected chi connectivity index (χ2v) is 23.1. The van der Waals surface area contributed by atoms with Crippen molar-refractivity contribution in [2.75, 3.05) is 0 Å². The Morgan fingerprint density at radius 3 is 1.62 bits per heavy atom. The van der Waals surface area contributed by atoms with Crippen molar-refractivity contribution in [3.63, 3.8) is 0 Å². The third kappa shape index (κ3) is 9.63. The summed E-state index contributed by atoms with van der Waals surface area (Å²) in [5, 5.41) is 0. The molecule has 2 heterocycles. The minimum Gasteiger partial charge on any atom is -0.462 e. The Labute approximate surface area is 398 Å². The molecule has 0 N–H and O–H groups in total. The number of rotatable bonds is 12. The molecule has 9 heteroatoms. The molecule has 2 saturated heterocycles. The van der Waals surface area contributed by atoms with E-state index in [-0.39, 0.29) is 108 Å². The third-order valence-corrected chi connectivity index (χ3v) is 19.5. The van der Waals surface area contributed by atoms with Crippen LogP contribution in [0.15, 0.2) is 0 Å². The van der Waals surface area contributed by atoms with Crippen molar-refractivity contribution in [2.24, 2.45) is 93.7 Å². The van der Waals surface area contributed by atoms with Crippen LogP contribution in [0.25, 0.3) is 0 Å². The molecule has 378 valence electrons. The van der Waals surface area contributed by atoms with E-state index in [0.29, 0.717) is 78.9 Å². The van der Waals surface area contributed by atoms with Crippen LogP contribution < -0.4 is 0 Å². The SMILES string of the molecule is C.C.C.C.C.C.C.C.CC1C2CCC(C2)C1C1C(=O)OC(=O)C1CC(C)(CC1(C)CC(CCCC(=O)OC2(C)C3CC4CC(C3)CC2C4)OC1=O)C(=O)OC1(C)C2CC3CC(C2)CC1C3. The summed E-state index contributed by atoms with van der Waals surface area (Å²) >= 11 is 0. The summed E-state index contributed by atoms with van der Waals surface area (Å²) in [7, 11) is 0. The number of carbonyl (C=O) groups is 5. The maximum atomic E-state index is 15.0. The molecule has 0 aromatic heterocycles. The van der Waals surface area contributed by atoms with E-state index in [2.05, 4.69) is 20.8 Å². The van der Waals surface area contributed by atoms with E-state index in [0.717, 1.165) is 50.4 Å². The summed E-state index contributed by atoms with van der Waals surface area (Å²) < 4.78 is 24.6. The van der Waals surface area contributed by atoms with Gasteiger partial charge in [0, 0.05) is 12.8 Å². The Balaban J connectivity index is 0.00000181. The Bertz CT molecular complexity index is 1640. The van der Waals surface area contributed by atoms with Gasteiger partial charge in [0.2, 0.25) is 0 Å². The summed E-state index contributed by atoms with van der Waals surface area (Å²) in [5.41, 5.74) is -3.18. The first-order valence-electron chi connectivity index (χ1n) is 23.5. The van der Waals surface area contributed by atoms with E-state index in [1.54, 1.807) is 0 Å². The zero-order valence-electron chi connectivity index (χ0n) is 35.3. The lowest BCUT2D eigenvalue weighted by Gasteiger charge is -2.59. The van der Waals surface area contributed by atoms with Gasteiger partial charge >= 0.3 is 29.8 Å². The van der Waals surface area contributed by atoms with Crippen molar-refractivity contribution in [2.45, 2.75) is 233 Å². The lowest BCUT2D eigenvalue weighted by atomic mass is 9.50. The van der Waals surface area contributed by atoms with Gasteiger partial charge in [-0.1, -0.05) is 66.3 Å². The number of carbonyl (C=O) groups excluding carboxylic acids is 5. The zero-order chi connectivity index (χ0) is 39.8. The van der Waals surface area contributed by atoms with Gasteiger partial charge in [0.15, 0.2) is 0 Å². The van der Waals surface area contributed by atoms with Crippen LogP contribution in [0.4, 0.5) is 0 Å². The first kappa shape index (κ1) is 58.7. The Morgan fingerprint density at radius 2 is 1.14 bits per heavy atom. The molecule has 0 spiro atoms. The van der Waals surface area contributed by atoms with Gasteiger partial charge in [-0.25, -0.2) is 0 Å². The first-order valence-corrected chi connectivity index (χ1v) is 23.5. The summed E-state index contributed by atoms with van der Waals surface area (Å²) in [6.45, 7) is 10.3. The average Bonchev–Trinajstić information content (AvgIpc) is 3.87. The molecule has 0 radical (unpaired) electrons. The Kier molecular flexibility index (Phi) is 18.6. The molecular weight excluding hydrogens is 817 g/mol. The molecule has 10 bridgehead atoms. The largest absolute Gasteiger partial charge is 0.462 e. The highest BCUT2D eigenvalue weighted by Crippen LogP contribution is 2.63. The molecule has 9 unspecified atom stereocenters. The van der Waals surface area contributed by atoms with Gasteiger partial charge < -0.3 is 18.9 Å². The highest BCUT2D eigenvalue weighted by Gasteiger charge is 2.63. The van der Waals surface area contributed by atoms with Crippen molar-refractivity contribution in [1.29, 1.82) is 0 Å². The summed E-state index contributed by atoms with van der Waals surface area (Å²) in [5.74, 6) is 2.74. The van der Waals surface area contributed by atoms with Crippen LogP contribution in [0.5, 0.6) is 0 Å². The fourth-order valence-corrected chi connectivity index (χ4v) is 16.9. The molecule has 12 rings (SSSR count). The van der Waals surface area contributed by atoms with E-state index < -0.39 is 40.2 Å². The van der Waals surface area contributed by atoms with E-state index in [1.807, 2.05) is 13.8 Å². The molecular formula is C56H100O9. The summed E-state index contributed by atoms with van der Waals surface area (Å²) in [6, 6.07) is 0. The molecule has 10 saturated carbocycles. The number of hydrogen-bond acceptors (Lipinski definition) is 9. The molecule has 9 atom stereocenters. The molecule has 65 heavy (non-hydrogen) atoms. The average molecular weight is 917 g/mol. The zero-order valence-corrected chi connectivity index (χ0v) is 35.3. The van der Waals surface area contributed by atoms with E-state index in [9.17, 15) is 19.2 Å². The number of esters is 5. The molecule has 2 aliphatic heterocycles. The summed E-state index contributed by atoms with van der Waals surface area (Å²) in [4.78, 5) is 69.6. The lowest BCUT2D eigenvalue weighted by Crippen LogP contribution is -2.59. The molecule has 0 amide bonds. The summed E-state index contributed by atoms with van der Waals surface area (Å²) in [6.07, 6.45) is 16.7. The highest BCUT2D eigenvalue weighted by molar-refractivity contribution is 5.97. The van der Waals surface area contributed by atoms with Crippen LogP contribution in [-0.4, -0.2) is 47.2 Å². The lowest BCUT2D eigenvalue weighted by molar-refractivity contribution is -0.214. The van der Waals surface area contributed by atoms with Crippen LogP contribution in [0.1, 0.15) is 216 Å². The molecule has 0 aromatic rings. The minimum absolute atomic E-state index is 0. The second kappa shape index (κ2) is 20.6. The van der Waals surface area contributed by atoms with E-state index >= 15 is 4.79 Å². The predicted molar refractivity (Wildman–Crippen MR) is 262 cm³/mol. The van der Waals surface area contributed by atoms with Gasteiger partial charge in [0.05, 0.1) is 22.7 Å². The highest BCUT2D eigenvalue weighted by atomic mass is 16.6. The number of fused-ring (bicyclic) bond motifs is 2. The fourth-order valence-electron chi connectivity index (χ4n) is 16.9. The van der Waals surface area contributed by atoms with Crippen molar-refractivity contribution in [3.8, 4) is 0 Å². The number of ether oxygens (including phenoxy) is 4.